The van der Waals surface area contributed by atoms with Crippen molar-refractivity contribution >= 4 is 17.5 Å². The van der Waals surface area contributed by atoms with Crippen LogP contribution in [0.4, 0.5) is 0 Å². The summed E-state index contributed by atoms with van der Waals surface area (Å²) < 4.78 is 6.75. The van der Waals surface area contributed by atoms with Crippen LogP contribution in [0.25, 0.3) is 17.0 Å². The van der Waals surface area contributed by atoms with Crippen LogP contribution in [0.2, 0.25) is 0 Å². The van der Waals surface area contributed by atoms with Crippen LogP contribution in [0.1, 0.15) is 32.2 Å². The molecule has 2 amide bonds. The molecule has 0 radical (unpaired) electrons. The van der Waals surface area contributed by atoms with E-state index < -0.39 is 11.8 Å². The number of hydrazine groups is 1. The number of rotatable bonds is 3. The van der Waals surface area contributed by atoms with Gasteiger partial charge in [0.1, 0.15) is 5.56 Å². The van der Waals surface area contributed by atoms with Crippen LogP contribution in [0.3, 0.4) is 0 Å². The van der Waals surface area contributed by atoms with E-state index >= 15 is 0 Å². The highest BCUT2D eigenvalue weighted by Crippen LogP contribution is 2.19. The van der Waals surface area contributed by atoms with E-state index in [0.29, 0.717) is 11.4 Å². The number of hydrogen-bond donors (Lipinski definition) is 2. The number of amides is 2. The van der Waals surface area contributed by atoms with Gasteiger partial charge in [-0.15, -0.1) is 0 Å². The Morgan fingerprint density at radius 3 is 2.57 bits per heavy atom. The van der Waals surface area contributed by atoms with E-state index in [1.165, 1.54) is 12.3 Å². The highest BCUT2D eigenvalue weighted by molar-refractivity contribution is 6.01. The molecule has 3 heterocycles. The quantitative estimate of drug-likeness (QED) is 0.529. The Labute approximate surface area is 159 Å². The summed E-state index contributed by atoms with van der Waals surface area (Å²) in [7, 11) is 0. The highest BCUT2D eigenvalue weighted by Gasteiger charge is 2.18. The fourth-order valence-electron chi connectivity index (χ4n) is 2.80. The van der Waals surface area contributed by atoms with E-state index in [-0.39, 0.29) is 11.3 Å². The molecule has 0 saturated heterocycles. The van der Waals surface area contributed by atoms with Gasteiger partial charge in [0, 0.05) is 23.0 Å². The van der Waals surface area contributed by atoms with Gasteiger partial charge in [-0.1, -0.05) is 35.5 Å². The molecule has 0 unspecified atom stereocenters. The summed E-state index contributed by atoms with van der Waals surface area (Å²) in [5.74, 6) is -0.682. The minimum Gasteiger partial charge on any atom is -0.355 e. The highest BCUT2D eigenvalue weighted by atomic mass is 16.5. The lowest BCUT2D eigenvalue weighted by Crippen LogP contribution is -2.41. The van der Waals surface area contributed by atoms with E-state index in [4.69, 9.17) is 4.52 Å². The smallest absolute Gasteiger partial charge is 0.291 e. The predicted octanol–water partition coefficient (Wildman–Crippen LogP) is 2.08. The van der Waals surface area contributed by atoms with Gasteiger partial charge in [0.2, 0.25) is 0 Å². The topological polar surface area (TPSA) is 114 Å². The molecular formula is C19H16N6O3. The Hall–Kier alpha value is -4.01. The second-order valence-corrected chi connectivity index (χ2v) is 6.18. The maximum atomic E-state index is 12.4. The number of aromatic nitrogens is 4. The van der Waals surface area contributed by atoms with E-state index in [1.54, 1.807) is 4.52 Å². The van der Waals surface area contributed by atoms with Crippen molar-refractivity contribution in [2.75, 3.05) is 0 Å². The van der Waals surface area contributed by atoms with Crippen molar-refractivity contribution in [3.63, 3.8) is 0 Å². The van der Waals surface area contributed by atoms with E-state index in [0.717, 1.165) is 17.0 Å². The van der Waals surface area contributed by atoms with E-state index in [1.807, 2.05) is 50.2 Å². The van der Waals surface area contributed by atoms with Gasteiger partial charge in [-0.25, -0.2) is 9.50 Å². The summed E-state index contributed by atoms with van der Waals surface area (Å²) in [5, 5.41) is 7.90. The second-order valence-electron chi connectivity index (χ2n) is 6.18. The molecular weight excluding hydrogens is 360 g/mol. The lowest BCUT2D eigenvalue weighted by molar-refractivity contribution is 0.0842. The Balaban J connectivity index is 1.47. The first-order valence-electron chi connectivity index (χ1n) is 8.48. The molecule has 0 fully saturated rings. The predicted molar refractivity (Wildman–Crippen MR) is 99.3 cm³/mol. The van der Waals surface area contributed by atoms with Crippen LogP contribution < -0.4 is 10.9 Å². The summed E-state index contributed by atoms with van der Waals surface area (Å²) in [6, 6.07) is 12.6. The normalized spacial score (nSPS) is 10.8. The molecule has 4 rings (SSSR count). The minimum absolute atomic E-state index is 0.0452. The van der Waals surface area contributed by atoms with E-state index in [2.05, 4.69) is 26.1 Å². The van der Waals surface area contributed by atoms with Gasteiger partial charge in [-0.05, 0) is 19.9 Å². The molecule has 0 aliphatic carbocycles. The molecule has 0 aliphatic rings. The lowest BCUT2D eigenvalue weighted by atomic mass is 10.1. The van der Waals surface area contributed by atoms with Crippen molar-refractivity contribution in [3.8, 4) is 11.3 Å². The maximum absolute atomic E-state index is 12.4. The summed E-state index contributed by atoms with van der Waals surface area (Å²) in [5.41, 5.74) is 7.78. The van der Waals surface area contributed by atoms with Crippen molar-refractivity contribution in [2.45, 2.75) is 13.8 Å². The van der Waals surface area contributed by atoms with E-state index in [9.17, 15) is 9.59 Å². The van der Waals surface area contributed by atoms with Gasteiger partial charge < -0.3 is 4.52 Å². The average molecular weight is 376 g/mol. The van der Waals surface area contributed by atoms with Crippen LogP contribution in [-0.2, 0) is 0 Å². The fraction of sp³-hybridized carbons (Fsp3) is 0.105. The number of nitrogens with one attached hydrogen (secondary N) is 2. The zero-order valence-electron chi connectivity index (χ0n) is 15.1. The Morgan fingerprint density at radius 2 is 1.79 bits per heavy atom. The third-order valence-electron chi connectivity index (χ3n) is 4.11. The largest absolute Gasteiger partial charge is 0.355 e. The van der Waals surface area contributed by atoms with Crippen LogP contribution >= 0.6 is 0 Å². The van der Waals surface area contributed by atoms with Crippen molar-refractivity contribution in [1.29, 1.82) is 0 Å². The standard InChI is InChI=1S/C19H16N6O3/c1-11-8-12(2)25-17(21-11)14(10-20-25)18(26)22-23-19(27)15-9-16(28-24-15)13-6-4-3-5-7-13/h3-10H,1-2H3,(H,22,26)(H,23,27). The van der Waals surface area contributed by atoms with Gasteiger partial charge in [0.25, 0.3) is 11.8 Å². The number of benzene rings is 1. The van der Waals surface area contributed by atoms with Crippen molar-refractivity contribution in [1.82, 2.24) is 30.6 Å². The third kappa shape index (κ3) is 3.20. The molecule has 0 atom stereocenters. The van der Waals surface area contributed by atoms with Crippen LogP contribution in [0.15, 0.2) is 53.2 Å². The lowest BCUT2D eigenvalue weighted by Gasteiger charge is -2.05. The first-order chi connectivity index (χ1) is 13.5. The van der Waals surface area contributed by atoms with Crippen molar-refractivity contribution in [3.05, 3.63) is 71.3 Å². The molecule has 2 N–H and O–H groups in total. The monoisotopic (exact) mass is 376 g/mol. The fourth-order valence-corrected chi connectivity index (χ4v) is 2.80. The van der Waals surface area contributed by atoms with Crippen LogP contribution in [0.5, 0.6) is 0 Å². The van der Waals surface area contributed by atoms with Gasteiger partial charge in [-0.2, -0.15) is 5.10 Å². The SMILES string of the molecule is Cc1cc(C)n2ncc(C(=O)NNC(=O)c3cc(-c4ccccc4)on3)c2n1. The average Bonchev–Trinajstić information content (AvgIpc) is 3.34. The van der Waals surface area contributed by atoms with Gasteiger partial charge in [0.05, 0.1) is 6.20 Å². The summed E-state index contributed by atoms with van der Waals surface area (Å²) in [6.07, 6.45) is 1.40. The Bertz CT molecular complexity index is 1180. The molecule has 0 saturated carbocycles. The first-order valence-corrected chi connectivity index (χ1v) is 8.48. The second kappa shape index (κ2) is 6.95. The molecule has 9 heteroatoms. The van der Waals surface area contributed by atoms with Crippen molar-refractivity contribution < 1.29 is 14.1 Å². The molecule has 0 spiro atoms. The molecule has 4 aromatic rings. The number of carbonyl (C=O) groups is 2. The summed E-state index contributed by atoms with van der Waals surface area (Å²) in [6.45, 7) is 3.70. The number of nitrogens with zero attached hydrogens (tertiary/aromatic N) is 4. The van der Waals surface area contributed by atoms with Crippen molar-refractivity contribution in [2.24, 2.45) is 0 Å². The van der Waals surface area contributed by atoms with Gasteiger partial charge in [-0.3, -0.25) is 20.4 Å². The molecule has 0 bridgehead atoms. The number of hydrogen-bond acceptors (Lipinski definition) is 6. The Morgan fingerprint density at radius 1 is 1.04 bits per heavy atom. The Kier molecular flexibility index (Phi) is 4.32. The number of fused-ring (bicyclic) bond motifs is 1. The molecule has 28 heavy (non-hydrogen) atoms. The molecule has 140 valence electrons. The summed E-state index contributed by atoms with van der Waals surface area (Å²) in [4.78, 5) is 29.0. The maximum Gasteiger partial charge on any atom is 0.291 e. The number of aryl methyl sites for hydroxylation is 2. The van der Waals surface area contributed by atoms with Gasteiger partial charge >= 0.3 is 0 Å². The molecule has 3 aromatic heterocycles. The first kappa shape index (κ1) is 17.4. The van der Waals surface area contributed by atoms with Gasteiger partial charge in [0.15, 0.2) is 17.1 Å². The molecule has 0 aliphatic heterocycles. The summed E-state index contributed by atoms with van der Waals surface area (Å²) >= 11 is 0. The zero-order chi connectivity index (χ0) is 19.7. The zero-order valence-corrected chi connectivity index (χ0v) is 15.1. The van der Waals surface area contributed by atoms with Crippen LogP contribution in [-0.4, -0.2) is 31.6 Å². The molecule has 9 nitrogen and oxygen atoms in total. The number of carbonyl (C=O) groups excluding carboxylic acids is 2. The third-order valence-corrected chi connectivity index (χ3v) is 4.11. The van der Waals surface area contributed by atoms with Crippen LogP contribution in [0, 0.1) is 13.8 Å². The minimum atomic E-state index is -0.601. The molecule has 1 aromatic carbocycles.